The molecular formula is C48H35N3Si. The standard InChI is InChI=1S/C48H35N3Si/c1-52(2)43-29-12-10-25-40(43)46-47(52)45(49-48(50-46)32-16-5-3-6-17-32)36-21-14-19-34(31-36)33-18-13-20-35(30-33)38-26-15-28-42-44(38)39-24-9-11-27-41(39)51(42)37-22-7-4-8-23-37/h3-31H,1-2H3. The molecule has 0 saturated carbocycles. The molecule has 2 aromatic heterocycles. The van der Waals surface area contributed by atoms with Gasteiger partial charge >= 0.3 is 0 Å². The van der Waals surface area contributed by atoms with Crippen LogP contribution in [0.25, 0.3) is 83.6 Å². The Morgan fingerprint density at radius 2 is 1.00 bits per heavy atom. The van der Waals surface area contributed by atoms with Gasteiger partial charge in [0.1, 0.15) is 8.07 Å². The normalized spacial score (nSPS) is 13.0. The Balaban J connectivity index is 1.13. The molecule has 3 nitrogen and oxygen atoms in total. The van der Waals surface area contributed by atoms with E-state index in [1.807, 2.05) is 6.07 Å². The van der Waals surface area contributed by atoms with Crippen LogP contribution in [0.1, 0.15) is 0 Å². The van der Waals surface area contributed by atoms with Crippen molar-refractivity contribution in [3.63, 3.8) is 0 Å². The summed E-state index contributed by atoms with van der Waals surface area (Å²) in [7, 11) is -2.08. The average molecular weight is 682 g/mol. The van der Waals surface area contributed by atoms with Crippen LogP contribution in [0, 0.1) is 0 Å². The minimum absolute atomic E-state index is 0.769. The first-order chi connectivity index (χ1) is 25.6. The third-order valence-corrected chi connectivity index (χ3v) is 14.3. The topological polar surface area (TPSA) is 30.7 Å². The second kappa shape index (κ2) is 11.9. The molecule has 4 heteroatoms. The molecule has 0 N–H and O–H groups in total. The Morgan fingerprint density at radius 1 is 0.442 bits per heavy atom. The molecule has 3 heterocycles. The molecule has 0 bridgehead atoms. The molecular weight excluding hydrogens is 647 g/mol. The lowest BCUT2D eigenvalue weighted by atomic mass is 9.95. The zero-order valence-electron chi connectivity index (χ0n) is 29.1. The van der Waals surface area contributed by atoms with E-state index >= 15 is 0 Å². The minimum Gasteiger partial charge on any atom is -0.309 e. The smallest absolute Gasteiger partial charge is 0.160 e. The Labute approximate surface area is 304 Å². The van der Waals surface area contributed by atoms with Gasteiger partial charge in [-0.15, -0.1) is 0 Å². The van der Waals surface area contributed by atoms with Crippen molar-refractivity contribution in [1.29, 1.82) is 0 Å². The van der Waals surface area contributed by atoms with Crippen molar-refractivity contribution in [3.8, 4) is 61.8 Å². The van der Waals surface area contributed by atoms with Crippen molar-refractivity contribution in [2.24, 2.45) is 0 Å². The van der Waals surface area contributed by atoms with Gasteiger partial charge in [-0.3, -0.25) is 0 Å². The number of rotatable bonds is 5. The van der Waals surface area contributed by atoms with Gasteiger partial charge < -0.3 is 4.57 Å². The van der Waals surface area contributed by atoms with E-state index in [9.17, 15) is 0 Å². The molecule has 0 radical (unpaired) electrons. The maximum absolute atomic E-state index is 5.38. The quantitative estimate of drug-likeness (QED) is 0.169. The van der Waals surface area contributed by atoms with Gasteiger partial charge in [-0.25, -0.2) is 9.97 Å². The van der Waals surface area contributed by atoms with Gasteiger partial charge in [-0.05, 0) is 74.6 Å². The van der Waals surface area contributed by atoms with Gasteiger partial charge in [0.05, 0.1) is 22.4 Å². The van der Waals surface area contributed by atoms with E-state index in [1.54, 1.807) is 0 Å². The molecule has 0 atom stereocenters. The highest BCUT2D eigenvalue weighted by molar-refractivity contribution is 7.04. The van der Waals surface area contributed by atoms with E-state index in [4.69, 9.17) is 9.97 Å². The van der Waals surface area contributed by atoms with Crippen LogP contribution >= 0.6 is 0 Å². The SMILES string of the molecule is C[Si]1(C)c2ccccc2-c2nc(-c3ccccc3)nc(-c3cccc(-c4cccc(-c5cccc6c5c5ccccc5n6-c5ccccc5)c4)c3)c21. The number of para-hydroxylation sites is 2. The fourth-order valence-electron chi connectivity index (χ4n) is 8.37. The number of benzene rings is 7. The van der Waals surface area contributed by atoms with E-state index in [2.05, 4.69) is 188 Å². The minimum atomic E-state index is -2.08. The summed E-state index contributed by atoms with van der Waals surface area (Å²) < 4.78 is 2.38. The zero-order valence-corrected chi connectivity index (χ0v) is 30.1. The Kier molecular flexibility index (Phi) is 6.95. The van der Waals surface area contributed by atoms with Gasteiger partial charge in [0.15, 0.2) is 5.82 Å². The maximum atomic E-state index is 5.38. The molecule has 246 valence electrons. The fourth-order valence-corrected chi connectivity index (χ4v) is 11.6. The van der Waals surface area contributed by atoms with Crippen LogP contribution in [0.4, 0.5) is 0 Å². The van der Waals surface area contributed by atoms with E-state index in [-0.39, 0.29) is 0 Å². The van der Waals surface area contributed by atoms with Crippen LogP contribution in [-0.4, -0.2) is 22.6 Å². The molecule has 0 amide bonds. The van der Waals surface area contributed by atoms with E-state index in [0.29, 0.717) is 0 Å². The summed E-state index contributed by atoms with van der Waals surface area (Å²) in [6.45, 7) is 4.88. The number of nitrogens with zero attached hydrogens (tertiary/aromatic N) is 3. The van der Waals surface area contributed by atoms with Crippen LogP contribution in [-0.2, 0) is 0 Å². The van der Waals surface area contributed by atoms with E-state index < -0.39 is 8.07 Å². The average Bonchev–Trinajstić information content (AvgIpc) is 3.67. The Morgan fingerprint density at radius 3 is 1.81 bits per heavy atom. The molecule has 0 unspecified atom stereocenters. The molecule has 9 aromatic rings. The van der Waals surface area contributed by atoms with Gasteiger partial charge in [-0.2, -0.15) is 0 Å². The second-order valence-electron chi connectivity index (χ2n) is 14.2. The number of aromatic nitrogens is 3. The van der Waals surface area contributed by atoms with Crippen molar-refractivity contribution in [2.75, 3.05) is 0 Å². The molecule has 7 aromatic carbocycles. The molecule has 0 aliphatic carbocycles. The molecule has 1 aliphatic rings. The first-order valence-electron chi connectivity index (χ1n) is 17.9. The number of hydrogen-bond acceptors (Lipinski definition) is 2. The van der Waals surface area contributed by atoms with Gasteiger partial charge in [0, 0.05) is 27.6 Å². The van der Waals surface area contributed by atoms with E-state index in [0.717, 1.165) is 34.0 Å². The molecule has 10 rings (SSSR count). The van der Waals surface area contributed by atoms with Crippen molar-refractivity contribution >= 4 is 40.3 Å². The maximum Gasteiger partial charge on any atom is 0.160 e. The highest BCUT2D eigenvalue weighted by atomic mass is 28.3. The number of fused-ring (bicyclic) bond motifs is 6. The highest BCUT2D eigenvalue weighted by Gasteiger charge is 2.41. The zero-order chi connectivity index (χ0) is 34.8. The monoisotopic (exact) mass is 681 g/mol. The summed E-state index contributed by atoms with van der Waals surface area (Å²) in [5.41, 5.74) is 13.9. The summed E-state index contributed by atoms with van der Waals surface area (Å²) in [5.74, 6) is 0.769. The lowest BCUT2D eigenvalue weighted by Crippen LogP contribution is -2.50. The van der Waals surface area contributed by atoms with Crippen molar-refractivity contribution in [2.45, 2.75) is 13.1 Å². The van der Waals surface area contributed by atoms with Crippen LogP contribution in [0.15, 0.2) is 176 Å². The Hall–Kier alpha value is -6.36. The predicted molar refractivity (Wildman–Crippen MR) is 220 cm³/mol. The summed E-state index contributed by atoms with van der Waals surface area (Å²) >= 11 is 0. The van der Waals surface area contributed by atoms with E-state index in [1.165, 1.54) is 60.0 Å². The van der Waals surface area contributed by atoms with Crippen molar-refractivity contribution < 1.29 is 0 Å². The van der Waals surface area contributed by atoms with Crippen LogP contribution < -0.4 is 10.4 Å². The largest absolute Gasteiger partial charge is 0.309 e. The van der Waals surface area contributed by atoms with Crippen LogP contribution in [0.2, 0.25) is 13.1 Å². The van der Waals surface area contributed by atoms with Crippen LogP contribution in [0.5, 0.6) is 0 Å². The van der Waals surface area contributed by atoms with Crippen molar-refractivity contribution in [3.05, 3.63) is 176 Å². The molecule has 0 fully saturated rings. The van der Waals surface area contributed by atoms with Gasteiger partial charge in [0.2, 0.25) is 0 Å². The molecule has 1 aliphatic heterocycles. The van der Waals surface area contributed by atoms with Crippen molar-refractivity contribution in [1.82, 2.24) is 14.5 Å². The fraction of sp³-hybridized carbons (Fsp3) is 0.0417. The second-order valence-corrected chi connectivity index (χ2v) is 18.5. The molecule has 0 spiro atoms. The van der Waals surface area contributed by atoms with Gasteiger partial charge in [0.25, 0.3) is 0 Å². The first kappa shape index (κ1) is 30.5. The van der Waals surface area contributed by atoms with Crippen LogP contribution in [0.3, 0.4) is 0 Å². The highest BCUT2D eigenvalue weighted by Crippen LogP contribution is 2.40. The van der Waals surface area contributed by atoms with Gasteiger partial charge in [-0.1, -0.05) is 153 Å². The summed E-state index contributed by atoms with van der Waals surface area (Å²) in [4.78, 5) is 10.6. The third-order valence-electron chi connectivity index (χ3n) is 10.8. The lowest BCUT2D eigenvalue weighted by Gasteiger charge is -2.22. The lowest BCUT2D eigenvalue weighted by molar-refractivity contribution is 1.18. The summed E-state index contributed by atoms with van der Waals surface area (Å²) in [6.07, 6.45) is 0. The number of hydrogen-bond donors (Lipinski definition) is 0. The molecule has 52 heavy (non-hydrogen) atoms. The Bertz CT molecular complexity index is 2820. The third kappa shape index (κ3) is 4.72. The summed E-state index contributed by atoms with van der Waals surface area (Å²) in [5, 5.41) is 5.27. The molecule has 0 saturated heterocycles. The summed E-state index contributed by atoms with van der Waals surface area (Å²) in [6, 6.07) is 63.3. The predicted octanol–water partition coefficient (Wildman–Crippen LogP) is 11.0. The first-order valence-corrected chi connectivity index (χ1v) is 20.9.